The van der Waals surface area contributed by atoms with Crippen LogP contribution in [-0.2, 0) is 11.3 Å². The summed E-state index contributed by atoms with van der Waals surface area (Å²) in [6.07, 6.45) is 5.16. The number of nitrogens with one attached hydrogen (secondary N) is 1. The van der Waals surface area contributed by atoms with Gasteiger partial charge in [0.2, 0.25) is 0 Å². The number of pyridine rings is 1. The van der Waals surface area contributed by atoms with Crippen LogP contribution in [0.5, 0.6) is 0 Å². The fourth-order valence-corrected chi connectivity index (χ4v) is 2.09. The lowest BCUT2D eigenvalue weighted by atomic mass is 9.94. The third-order valence-corrected chi connectivity index (χ3v) is 3.51. The number of ether oxygens (including phenoxy) is 1. The van der Waals surface area contributed by atoms with Crippen LogP contribution in [0, 0.1) is 6.92 Å². The Morgan fingerprint density at radius 2 is 2.38 bits per heavy atom. The summed E-state index contributed by atoms with van der Waals surface area (Å²) in [7, 11) is 0. The number of aryl methyl sites for hydroxylation is 1. The van der Waals surface area contributed by atoms with E-state index in [9.17, 15) is 0 Å². The smallest absolute Gasteiger partial charge is 0.0726 e. The highest BCUT2D eigenvalue weighted by Gasteiger charge is 2.36. The highest BCUT2D eigenvalue weighted by atomic mass is 16.5. The normalized spacial score (nSPS) is 29.6. The minimum Gasteiger partial charge on any atom is -0.377 e. The second-order valence-corrected chi connectivity index (χ2v) is 4.90. The van der Waals surface area contributed by atoms with Crippen LogP contribution in [0.15, 0.2) is 18.5 Å². The van der Waals surface area contributed by atoms with Gasteiger partial charge in [-0.1, -0.05) is 6.07 Å². The second kappa shape index (κ2) is 4.52. The molecule has 1 aliphatic heterocycles. The van der Waals surface area contributed by atoms with Crippen molar-refractivity contribution in [3.05, 3.63) is 29.6 Å². The Balaban J connectivity index is 1.97. The topological polar surface area (TPSA) is 34.2 Å². The Kier molecular flexibility index (Phi) is 3.26. The fourth-order valence-electron chi connectivity index (χ4n) is 2.09. The van der Waals surface area contributed by atoms with Gasteiger partial charge in [0.05, 0.1) is 6.10 Å². The van der Waals surface area contributed by atoms with Gasteiger partial charge in [-0.25, -0.2) is 0 Å². The molecule has 3 nitrogen and oxygen atoms in total. The molecule has 1 N–H and O–H groups in total. The predicted octanol–water partition coefficient (Wildman–Crippen LogP) is 2.05. The third-order valence-electron chi connectivity index (χ3n) is 3.51. The average molecular weight is 220 g/mol. The van der Waals surface area contributed by atoms with Crippen molar-refractivity contribution in [2.24, 2.45) is 0 Å². The van der Waals surface area contributed by atoms with Crippen molar-refractivity contribution in [1.82, 2.24) is 10.3 Å². The highest BCUT2D eigenvalue weighted by molar-refractivity contribution is 5.16. The molecule has 3 heteroatoms. The highest BCUT2D eigenvalue weighted by Crippen LogP contribution is 2.25. The number of hydrogen-bond acceptors (Lipinski definition) is 3. The zero-order valence-corrected chi connectivity index (χ0v) is 10.3. The van der Waals surface area contributed by atoms with Crippen molar-refractivity contribution in [2.45, 2.75) is 45.4 Å². The van der Waals surface area contributed by atoms with Gasteiger partial charge in [-0.3, -0.25) is 4.98 Å². The molecular weight excluding hydrogens is 200 g/mol. The van der Waals surface area contributed by atoms with Crippen LogP contribution >= 0.6 is 0 Å². The molecule has 2 heterocycles. The Hall–Kier alpha value is -0.930. The first-order valence-electron chi connectivity index (χ1n) is 5.87. The molecule has 1 saturated heterocycles. The van der Waals surface area contributed by atoms with E-state index in [0.29, 0.717) is 0 Å². The van der Waals surface area contributed by atoms with Crippen molar-refractivity contribution in [2.75, 3.05) is 6.61 Å². The quantitative estimate of drug-likeness (QED) is 0.846. The van der Waals surface area contributed by atoms with E-state index in [0.717, 1.165) is 19.6 Å². The Bertz CT molecular complexity index is 367. The Labute approximate surface area is 97.2 Å². The van der Waals surface area contributed by atoms with E-state index in [2.05, 4.69) is 37.1 Å². The first-order valence-corrected chi connectivity index (χ1v) is 5.87. The number of rotatable bonds is 3. The molecule has 2 atom stereocenters. The molecular formula is C13H20N2O. The average Bonchev–Trinajstić information content (AvgIpc) is 2.58. The van der Waals surface area contributed by atoms with Gasteiger partial charge in [0.1, 0.15) is 0 Å². The molecule has 16 heavy (non-hydrogen) atoms. The fraction of sp³-hybridized carbons (Fsp3) is 0.615. The van der Waals surface area contributed by atoms with Crippen LogP contribution in [-0.4, -0.2) is 23.2 Å². The summed E-state index contributed by atoms with van der Waals surface area (Å²) >= 11 is 0. The van der Waals surface area contributed by atoms with E-state index in [1.54, 1.807) is 0 Å². The summed E-state index contributed by atoms with van der Waals surface area (Å²) in [5, 5.41) is 3.59. The van der Waals surface area contributed by atoms with E-state index in [4.69, 9.17) is 4.74 Å². The van der Waals surface area contributed by atoms with Gasteiger partial charge < -0.3 is 10.1 Å². The van der Waals surface area contributed by atoms with Crippen LogP contribution in [0.1, 0.15) is 31.4 Å². The van der Waals surface area contributed by atoms with Gasteiger partial charge in [0.25, 0.3) is 0 Å². The zero-order valence-electron chi connectivity index (χ0n) is 10.3. The van der Waals surface area contributed by atoms with E-state index in [1.807, 2.05) is 12.4 Å². The molecule has 0 bridgehead atoms. The zero-order chi connectivity index (χ0) is 11.6. The van der Waals surface area contributed by atoms with E-state index in [1.165, 1.54) is 11.1 Å². The lowest BCUT2D eigenvalue weighted by Crippen LogP contribution is -2.47. The van der Waals surface area contributed by atoms with Gasteiger partial charge in [-0.15, -0.1) is 0 Å². The summed E-state index contributed by atoms with van der Waals surface area (Å²) in [6, 6.07) is 2.17. The molecule has 0 amide bonds. The van der Waals surface area contributed by atoms with Gasteiger partial charge in [0.15, 0.2) is 0 Å². The summed E-state index contributed by atoms with van der Waals surface area (Å²) in [5.74, 6) is 0. The molecule has 1 aliphatic rings. The van der Waals surface area contributed by atoms with Crippen LogP contribution in [0.4, 0.5) is 0 Å². The van der Waals surface area contributed by atoms with Gasteiger partial charge in [-0.2, -0.15) is 0 Å². The minimum atomic E-state index is 0.101. The largest absolute Gasteiger partial charge is 0.377 e. The molecule has 0 saturated carbocycles. The first kappa shape index (κ1) is 11.6. The lowest BCUT2D eigenvalue weighted by Gasteiger charge is -2.29. The summed E-state index contributed by atoms with van der Waals surface area (Å²) in [5.41, 5.74) is 2.55. The SMILES string of the molecule is Cc1cncc(CNC2(C)CCOC2C)c1. The number of nitrogens with zero attached hydrogens (tertiary/aromatic N) is 1. The summed E-state index contributed by atoms with van der Waals surface area (Å²) in [4.78, 5) is 4.20. The van der Waals surface area contributed by atoms with E-state index in [-0.39, 0.29) is 11.6 Å². The van der Waals surface area contributed by atoms with Crippen LogP contribution in [0.3, 0.4) is 0 Å². The van der Waals surface area contributed by atoms with Crippen LogP contribution in [0.2, 0.25) is 0 Å². The molecule has 1 aromatic heterocycles. The summed E-state index contributed by atoms with van der Waals surface area (Å²) in [6.45, 7) is 8.15. The molecule has 1 aromatic rings. The maximum absolute atomic E-state index is 5.60. The molecule has 0 aromatic carbocycles. The lowest BCUT2D eigenvalue weighted by molar-refractivity contribution is 0.0881. The third kappa shape index (κ3) is 2.42. The molecule has 0 spiro atoms. The van der Waals surface area contributed by atoms with Gasteiger partial charge >= 0.3 is 0 Å². The van der Waals surface area contributed by atoms with Gasteiger partial charge in [0, 0.05) is 31.1 Å². The number of aromatic nitrogens is 1. The molecule has 2 unspecified atom stereocenters. The van der Waals surface area contributed by atoms with Gasteiger partial charge in [-0.05, 0) is 38.3 Å². The van der Waals surface area contributed by atoms with Crippen molar-refractivity contribution in [1.29, 1.82) is 0 Å². The minimum absolute atomic E-state index is 0.101. The molecule has 88 valence electrons. The monoisotopic (exact) mass is 220 g/mol. The van der Waals surface area contributed by atoms with Crippen molar-refractivity contribution >= 4 is 0 Å². The van der Waals surface area contributed by atoms with Crippen molar-refractivity contribution < 1.29 is 4.74 Å². The molecule has 0 aliphatic carbocycles. The molecule has 1 fully saturated rings. The number of hydrogen-bond donors (Lipinski definition) is 1. The van der Waals surface area contributed by atoms with Crippen molar-refractivity contribution in [3.63, 3.8) is 0 Å². The van der Waals surface area contributed by atoms with Crippen molar-refractivity contribution in [3.8, 4) is 0 Å². The maximum Gasteiger partial charge on any atom is 0.0726 e. The van der Waals surface area contributed by atoms with Crippen LogP contribution < -0.4 is 5.32 Å². The summed E-state index contributed by atoms with van der Waals surface area (Å²) < 4.78 is 5.60. The predicted molar refractivity (Wildman–Crippen MR) is 64.2 cm³/mol. The maximum atomic E-state index is 5.60. The Morgan fingerprint density at radius 1 is 1.56 bits per heavy atom. The standard InChI is InChI=1S/C13H20N2O/c1-10-6-12(8-14-7-10)9-15-13(3)4-5-16-11(13)2/h6-8,11,15H,4-5,9H2,1-3H3. The van der Waals surface area contributed by atoms with E-state index < -0.39 is 0 Å². The Morgan fingerprint density at radius 3 is 3.00 bits per heavy atom. The second-order valence-electron chi connectivity index (χ2n) is 4.90. The first-order chi connectivity index (χ1) is 7.60. The molecule has 2 rings (SSSR count). The molecule has 0 radical (unpaired) electrons. The van der Waals surface area contributed by atoms with E-state index >= 15 is 0 Å². The van der Waals surface area contributed by atoms with Crippen LogP contribution in [0.25, 0.3) is 0 Å².